The van der Waals surface area contributed by atoms with E-state index in [9.17, 15) is 0 Å². The average Bonchev–Trinajstić information content (AvgIpc) is 3.92. The van der Waals surface area contributed by atoms with Gasteiger partial charge < -0.3 is 13.7 Å². The highest BCUT2D eigenvalue weighted by Crippen LogP contribution is 2.55. The first kappa shape index (κ1) is 32.8. The van der Waals surface area contributed by atoms with Gasteiger partial charge in [0.2, 0.25) is 0 Å². The number of anilines is 3. The largest absolute Gasteiger partial charge is 0.456 e. The Balaban J connectivity index is 1.07. The Morgan fingerprint density at radius 3 is 1.91 bits per heavy atom. The Kier molecular flexibility index (Phi) is 6.98. The summed E-state index contributed by atoms with van der Waals surface area (Å²) >= 11 is 0. The summed E-state index contributed by atoms with van der Waals surface area (Å²) in [4.78, 5) is 2.46. The molecule has 0 N–H and O–H groups in total. The van der Waals surface area contributed by atoms with Gasteiger partial charge in [-0.05, 0) is 87.3 Å². The molecular formula is C55H37NO2. The SMILES string of the molecule is CC1(C)c2ccccc2-c2cccc(N(c3ccc(-c4ccc5c(c4)oc4ccccc45)cc3)c3ccccc3-c3cccc4c3oc3c5ccccc5ccc43)c21. The van der Waals surface area contributed by atoms with Crippen LogP contribution in [0.1, 0.15) is 25.0 Å². The van der Waals surface area contributed by atoms with Crippen LogP contribution in [0.4, 0.5) is 17.1 Å². The van der Waals surface area contributed by atoms with Crippen LogP contribution in [-0.2, 0) is 5.41 Å². The maximum Gasteiger partial charge on any atom is 0.143 e. The zero-order valence-corrected chi connectivity index (χ0v) is 32.2. The zero-order chi connectivity index (χ0) is 38.5. The van der Waals surface area contributed by atoms with Gasteiger partial charge in [-0.25, -0.2) is 0 Å². The van der Waals surface area contributed by atoms with E-state index in [0.29, 0.717) is 0 Å². The standard InChI is InChI=1S/C55H37NO2/c1-55(2)47-21-8-5-15-39(47)43-18-12-23-49(52(43)55)56(37-29-25-34(26-30-37)36-28-31-42-41-17-7-10-24-50(41)57-51(42)33-36)48-22-9-6-16-40(48)44-19-11-20-45-46-32-27-35-13-3-4-14-38(35)53(46)58-54(44)45/h3-33H,1-2H3. The Morgan fingerprint density at radius 2 is 1.02 bits per heavy atom. The van der Waals surface area contributed by atoms with E-state index in [1.807, 2.05) is 12.1 Å². The molecule has 0 saturated heterocycles. The van der Waals surface area contributed by atoms with Gasteiger partial charge in [-0.15, -0.1) is 0 Å². The van der Waals surface area contributed by atoms with Crippen molar-refractivity contribution >= 4 is 71.7 Å². The third-order valence-corrected chi connectivity index (χ3v) is 12.5. The molecule has 2 aromatic heterocycles. The second-order valence-electron chi connectivity index (χ2n) is 16.0. The number of para-hydroxylation sites is 3. The lowest BCUT2D eigenvalue weighted by molar-refractivity contribution is 0.661. The van der Waals surface area contributed by atoms with Crippen molar-refractivity contribution in [1.82, 2.24) is 0 Å². The van der Waals surface area contributed by atoms with Crippen LogP contribution in [0, 0.1) is 0 Å². The van der Waals surface area contributed by atoms with Crippen molar-refractivity contribution in [1.29, 1.82) is 0 Å². The predicted molar refractivity (Wildman–Crippen MR) is 242 cm³/mol. The molecule has 0 aliphatic heterocycles. The van der Waals surface area contributed by atoms with Crippen molar-refractivity contribution in [2.75, 3.05) is 4.90 Å². The van der Waals surface area contributed by atoms with Crippen molar-refractivity contribution in [2.45, 2.75) is 19.3 Å². The summed E-state index contributed by atoms with van der Waals surface area (Å²) in [6.45, 7) is 4.73. The Hall–Kier alpha value is -7.36. The number of rotatable bonds is 5. The normalized spacial score (nSPS) is 13.1. The minimum Gasteiger partial charge on any atom is -0.456 e. The maximum atomic E-state index is 6.94. The molecule has 0 bridgehead atoms. The first-order valence-corrected chi connectivity index (χ1v) is 20.0. The van der Waals surface area contributed by atoms with E-state index in [1.54, 1.807) is 0 Å². The number of furan rings is 2. The minimum absolute atomic E-state index is 0.225. The molecule has 0 unspecified atom stereocenters. The molecule has 58 heavy (non-hydrogen) atoms. The summed E-state index contributed by atoms with van der Waals surface area (Å²) in [6.07, 6.45) is 0. The highest BCUT2D eigenvalue weighted by atomic mass is 16.3. The molecule has 11 aromatic rings. The van der Waals surface area contributed by atoms with Gasteiger partial charge in [-0.3, -0.25) is 0 Å². The van der Waals surface area contributed by atoms with Crippen molar-refractivity contribution in [2.24, 2.45) is 0 Å². The van der Waals surface area contributed by atoms with Crippen molar-refractivity contribution in [3.8, 4) is 33.4 Å². The monoisotopic (exact) mass is 743 g/mol. The van der Waals surface area contributed by atoms with Gasteiger partial charge in [0.25, 0.3) is 0 Å². The highest BCUT2D eigenvalue weighted by Gasteiger charge is 2.39. The minimum atomic E-state index is -0.225. The lowest BCUT2D eigenvalue weighted by Crippen LogP contribution is -2.21. The third-order valence-electron chi connectivity index (χ3n) is 12.5. The second-order valence-corrected chi connectivity index (χ2v) is 16.0. The lowest BCUT2D eigenvalue weighted by atomic mass is 9.81. The van der Waals surface area contributed by atoms with Crippen LogP contribution in [0.25, 0.3) is 88.0 Å². The molecule has 0 fully saturated rings. The van der Waals surface area contributed by atoms with Crippen molar-refractivity contribution < 1.29 is 8.83 Å². The molecule has 3 nitrogen and oxygen atoms in total. The average molecular weight is 744 g/mol. The zero-order valence-electron chi connectivity index (χ0n) is 32.2. The predicted octanol–water partition coefficient (Wildman–Crippen LogP) is 15.7. The van der Waals surface area contributed by atoms with E-state index in [2.05, 4.69) is 195 Å². The van der Waals surface area contributed by atoms with Crippen LogP contribution in [0.3, 0.4) is 0 Å². The fourth-order valence-electron chi connectivity index (χ4n) is 9.76. The van der Waals surface area contributed by atoms with Crippen molar-refractivity contribution in [3.63, 3.8) is 0 Å². The van der Waals surface area contributed by atoms with Gasteiger partial charge in [0.1, 0.15) is 22.3 Å². The quantitative estimate of drug-likeness (QED) is 0.176. The summed E-state index contributed by atoms with van der Waals surface area (Å²) in [7, 11) is 0. The molecule has 0 saturated carbocycles. The topological polar surface area (TPSA) is 29.5 Å². The smallest absolute Gasteiger partial charge is 0.143 e. The Morgan fingerprint density at radius 1 is 0.397 bits per heavy atom. The fourth-order valence-corrected chi connectivity index (χ4v) is 9.76. The van der Waals surface area contributed by atoms with Gasteiger partial charge in [-0.2, -0.15) is 0 Å². The van der Waals surface area contributed by atoms with Gasteiger partial charge in [0.15, 0.2) is 0 Å². The van der Waals surface area contributed by atoms with Crippen LogP contribution in [0.5, 0.6) is 0 Å². The summed E-state index contributed by atoms with van der Waals surface area (Å²) in [6, 6.07) is 67.7. The molecule has 1 aliphatic carbocycles. The van der Waals surface area contributed by atoms with Gasteiger partial charge >= 0.3 is 0 Å². The van der Waals surface area contributed by atoms with Crippen LogP contribution < -0.4 is 4.90 Å². The first-order valence-electron chi connectivity index (χ1n) is 20.0. The van der Waals surface area contributed by atoms with Gasteiger partial charge in [-0.1, -0.05) is 153 Å². The lowest BCUT2D eigenvalue weighted by Gasteiger charge is -2.33. The summed E-state index contributed by atoms with van der Waals surface area (Å²) in [5, 5.41) is 6.81. The summed E-state index contributed by atoms with van der Waals surface area (Å²) in [5.41, 5.74) is 16.4. The van der Waals surface area contributed by atoms with E-state index in [4.69, 9.17) is 8.83 Å². The molecule has 12 rings (SSSR count). The molecule has 0 radical (unpaired) electrons. The number of benzene rings is 9. The maximum absolute atomic E-state index is 6.94. The number of hydrogen-bond acceptors (Lipinski definition) is 3. The van der Waals surface area contributed by atoms with Gasteiger partial charge in [0.05, 0.1) is 11.4 Å². The molecule has 2 heterocycles. The van der Waals surface area contributed by atoms with Crippen LogP contribution in [-0.4, -0.2) is 0 Å². The molecule has 0 atom stereocenters. The van der Waals surface area contributed by atoms with Crippen LogP contribution >= 0.6 is 0 Å². The molecule has 274 valence electrons. The molecule has 1 aliphatic rings. The second kappa shape index (κ2) is 12.3. The molecule has 3 heteroatoms. The molecule has 0 amide bonds. The third kappa shape index (κ3) is 4.74. The summed E-state index contributed by atoms with van der Waals surface area (Å²) in [5.74, 6) is 0. The van der Waals surface area contributed by atoms with Crippen molar-refractivity contribution in [3.05, 3.63) is 199 Å². The number of hydrogen-bond donors (Lipinski definition) is 0. The molecule has 0 spiro atoms. The van der Waals surface area contributed by atoms with Gasteiger partial charge in [0, 0.05) is 49.2 Å². The number of fused-ring (bicyclic) bond motifs is 11. The van der Waals surface area contributed by atoms with Crippen LogP contribution in [0.15, 0.2) is 197 Å². The molecular weight excluding hydrogens is 707 g/mol. The first-order chi connectivity index (χ1) is 28.5. The Labute approximate surface area is 336 Å². The van der Waals surface area contributed by atoms with E-state index >= 15 is 0 Å². The van der Waals surface area contributed by atoms with E-state index in [0.717, 1.165) is 88.6 Å². The van der Waals surface area contributed by atoms with Crippen LogP contribution in [0.2, 0.25) is 0 Å². The number of nitrogens with zero attached hydrogens (tertiary/aromatic N) is 1. The molecule has 9 aromatic carbocycles. The Bertz CT molecular complexity index is 3440. The highest BCUT2D eigenvalue weighted by molar-refractivity contribution is 6.18. The van der Waals surface area contributed by atoms with E-state index < -0.39 is 0 Å². The van der Waals surface area contributed by atoms with E-state index in [-0.39, 0.29) is 5.41 Å². The summed E-state index contributed by atoms with van der Waals surface area (Å²) < 4.78 is 13.2. The fraction of sp³-hybridized carbons (Fsp3) is 0.0545. The van der Waals surface area contributed by atoms with E-state index in [1.165, 1.54) is 27.6 Å².